The van der Waals surface area contributed by atoms with Gasteiger partial charge in [0.25, 0.3) is 5.91 Å². The summed E-state index contributed by atoms with van der Waals surface area (Å²) in [6.45, 7) is 4.67. The zero-order valence-corrected chi connectivity index (χ0v) is 17.2. The fourth-order valence-electron chi connectivity index (χ4n) is 3.44. The van der Waals surface area contributed by atoms with E-state index in [1.165, 1.54) is 0 Å². The molecule has 2 aromatic carbocycles. The highest BCUT2D eigenvalue weighted by atomic mass is 16.5. The minimum Gasteiger partial charge on any atom is -0.494 e. The first-order valence-corrected chi connectivity index (χ1v) is 10.1. The van der Waals surface area contributed by atoms with Gasteiger partial charge in [-0.15, -0.1) is 0 Å². The molecule has 0 saturated carbocycles. The second-order valence-electron chi connectivity index (χ2n) is 6.91. The summed E-state index contributed by atoms with van der Waals surface area (Å²) in [5, 5.41) is 0. The predicted octanol–water partition coefficient (Wildman–Crippen LogP) is 3.03. The normalized spacial score (nSPS) is 15.7. The van der Waals surface area contributed by atoms with Crippen LogP contribution in [0.25, 0.3) is 0 Å². The molecule has 0 aliphatic carbocycles. The molecular formula is C23H26N2O5. The Bertz CT molecular complexity index is 882. The van der Waals surface area contributed by atoms with Gasteiger partial charge in [0, 0.05) is 30.9 Å². The number of anilines is 2. The van der Waals surface area contributed by atoms with E-state index in [0.717, 1.165) is 11.4 Å². The predicted molar refractivity (Wildman–Crippen MR) is 113 cm³/mol. The van der Waals surface area contributed by atoms with Crippen LogP contribution in [0.15, 0.2) is 54.6 Å². The Labute approximate surface area is 176 Å². The van der Waals surface area contributed by atoms with Gasteiger partial charge < -0.3 is 19.3 Å². The lowest BCUT2D eigenvalue weighted by atomic mass is 10.1. The molecule has 2 aromatic rings. The highest BCUT2D eigenvalue weighted by Gasteiger charge is 2.36. The molecule has 2 amide bonds. The van der Waals surface area contributed by atoms with Gasteiger partial charge in [0.05, 0.1) is 12.5 Å². The number of nitrogens with zero attached hydrogens (tertiary/aromatic N) is 2. The van der Waals surface area contributed by atoms with Gasteiger partial charge in [-0.3, -0.25) is 14.4 Å². The highest BCUT2D eigenvalue weighted by Crippen LogP contribution is 2.27. The Balaban J connectivity index is 1.56. The third-order valence-corrected chi connectivity index (χ3v) is 4.94. The molecule has 158 valence electrons. The quantitative estimate of drug-likeness (QED) is 0.626. The number of esters is 1. The van der Waals surface area contributed by atoms with Crippen molar-refractivity contribution in [2.45, 2.75) is 20.3 Å². The Morgan fingerprint density at radius 1 is 1.07 bits per heavy atom. The Hall–Kier alpha value is -3.35. The van der Waals surface area contributed by atoms with E-state index < -0.39 is 11.9 Å². The van der Waals surface area contributed by atoms with E-state index >= 15 is 0 Å². The fraction of sp³-hybridized carbons (Fsp3) is 0.348. The number of hydrogen-bond donors (Lipinski definition) is 0. The number of rotatable bonds is 8. The standard InChI is InChI=1S/C23H26N2O5/c1-3-24(18-8-6-5-7-9-18)22(27)16-30-23(28)17-14-21(26)25(15-17)19-10-12-20(13-11-19)29-4-2/h5-13,17H,3-4,14-16H2,1-2H3. The topological polar surface area (TPSA) is 76.2 Å². The van der Waals surface area contributed by atoms with Gasteiger partial charge in [0.15, 0.2) is 6.61 Å². The minimum absolute atomic E-state index is 0.0659. The van der Waals surface area contributed by atoms with E-state index in [1.807, 2.05) is 44.2 Å². The zero-order chi connectivity index (χ0) is 21.5. The van der Waals surface area contributed by atoms with Gasteiger partial charge in [-0.1, -0.05) is 18.2 Å². The summed E-state index contributed by atoms with van der Waals surface area (Å²) < 4.78 is 10.7. The van der Waals surface area contributed by atoms with Crippen molar-refractivity contribution in [2.75, 3.05) is 36.1 Å². The van der Waals surface area contributed by atoms with Crippen molar-refractivity contribution in [3.05, 3.63) is 54.6 Å². The van der Waals surface area contributed by atoms with Crippen LogP contribution in [-0.4, -0.2) is 44.1 Å². The Morgan fingerprint density at radius 3 is 2.40 bits per heavy atom. The molecule has 1 saturated heterocycles. The molecule has 0 aromatic heterocycles. The average molecular weight is 410 g/mol. The molecule has 0 radical (unpaired) electrons. The molecule has 1 atom stereocenters. The van der Waals surface area contributed by atoms with Crippen molar-refractivity contribution < 1.29 is 23.9 Å². The fourth-order valence-corrected chi connectivity index (χ4v) is 3.44. The van der Waals surface area contributed by atoms with Gasteiger partial charge in [-0.25, -0.2) is 0 Å². The number of para-hydroxylation sites is 1. The average Bonchev–Trinajstić information content (AvgIpc) is 3.16. The maximum Gasteiger partial charge on any atom is 0.311 e. The molecular weight excluding hydrogens is 384 g/mol. The summed E-state index contributed by atoms with van der Waals surface area (Å²) in [5.41, 5.74) is 1.45. The second-order valence-corrected chi connectivity index (χ2v) is 6.91. The van der Waals surface area contributed by atoms with Crippen molar-refractivity contribution in [1.82, 2.24) is 0 Å². The van der Waals surface area contributed by atoms with E-state index in [2.05, 4.69) is 0 Å². The number of carbonyl (C=O) groups excluding carboxylic acids is 3. The maximum atomic E-state index is 12.5. The van der Waals surface area contributed by atoms with Gasteiger partial charge in [-0.2, -0.15) is 0 Å². The molecule has 1 unspecified atom stereocenters. The SMILES string of the molecule is CCOc1ccc(N2CC(C(=O)OCC(=O)N(CC)c3ccccc3)CC2=O)cc1. The van der Waals surface area contributed by atoms with E-state index in [9.17, 15) is 14.4 Å². The summed E-state index contributed by atoms with van der Waals surface area (Å²) in [6.07, 6.45) is 0.0659. The molecule has 7 nitrogen and oxygen atoms in total. The van der Waals surface area contributed by atoms with Gasteiger partial charge in [0.1, 0.15) is 5.75 Å². The third-order valence-electron chi connectivity index (χ3n) is 4.94. The van der Waals surface area contributed by atoms with Gasteiger partial charge >= 0.3 is 5.97 Å². The third kappa shape index (κ3) is 4.97. The summed E-state index contributed by atoms with van der Waals surface area (Å²) >= 11 is 0. The van der Waals surface area contributed by atoms with Gasteiger partial charge in [-0.05, 0) is 50.2 Å². The Morgan fingerprint density at radius 2 is 1.77 bits per heavy atom. The number of likely N-dealkylation sites (N-methyl/N-ethyl adjacent to an activating group) is 1. The first-order valence-electron chi connectivity index (χ1n) is 10.1. The van der Waals surface area contributed by atoms with Crippen LogP contribution in [0.1, 0.15) is 20.3 Å². The molecule has 0 spiro atoms. The molecule has 0 bridgehead atoms. The van der Waals surface area contributed by atoms with Crippen LogP contribution < -0.4 is 14.5 Å². The van der Waals surface area contributed by atoms with Crippen LogP contribution in [0.4, 0.5) is 11.4 Å². The molecule has 1 heterocycles. The molecule has 1 aliphatic heterocycles. The second kappa shape index (κ2) is 9.91. The van der Waals surface area contributed by atoms with Crippen molar-refractivity contribution in [3.8, 4) is 5.75 Å². The van der Waals surface area contributed by atoms with Gasteiger partial charge in [0.2, 0.25) is 5.91 Å². The summed E-state index contributed by atoms with van der Waals surface area (Å²) in [6, 6.07) is 16.4. The summed E-state index contributed by atoms with van der Waals surface area (Å²) in [5.74, 6) is -0.851. The van der Waals surface area contributed by atoms with Crippen LogP contribution in [0.5, 0.6) is 5.75 Å². The van der Waals surface area contributed by atoms with Crippen molar-refractivity contribution >= 4 is 29.2 Å². The van der Waals surface area contributed by atoms with E-state index in [1.54, 1.807) is 34.1 Å². The smallest absolute Gasteiger partial charge is 0.311 e. The maximum absolute atomic E-state index is 12.5. The lowest BCUT2D eigenvalue weighted by Gasteiger charge is -2.21. The van der Waals surface area contributed by atoms with Crippen LogP contribution >= 0.6 is 0 Å². The van der Waals surface area contributed by atoms with Crippen LogP contribution in [0.3, 0.4) is 0 Å². The summed E-state index contributed by atoms with van der Waals surface area (Å²) in [4.78, 5) is 40.5. The minimum atomic E-state index is -0.594. The number of carbonyl (C=O) groups is 3. The molecule has 0 N–H and O–H groups in total. The van der Waals surface area contributed by atoms with Crippen molar-refractivity contribution in [2.24, 2.45) is 5.92 Å². The monoisotopic (exact) mass is 410 g/mol. The molecule has 1 aliphatic rings. The van der Waals surface area contributed by atoms with Crippen LogP contribution in [0.2, 0.25) is 0 Å². The van der Waals surface area contributed by atoms with Crippen molar-refractivity contribution in [1.29, 1.82) is 0 Å². The number of hydrogen-bond acceptors (Lipinski definition) is 5. The zero-order valence-electron chi connectivity index (χ0n) is 17.2. The van der Waals surface area contributed by atoms with Crippen LogP contribution in [0, 0.1) is 5.92 Å². The molecule has 1 fully saturated rings. The van der Waals surface area contributed by atoms with Crippen LogP contribution in [-0.2, 0) is 19.1 Å². The first-order chi connectivity index (χ1) is 14.5. The number of benzene rings is 2. The summed E-state index contributed by atoms with van der Waals surface area (Å²) in [7, 11) is 0. The lowest BCUT2D eigenvalue weighted by Crippen LogP contribution is -2.35. The lowest BCUT2D eigenvalue weighted by molar-refractivity contribution is -0.151. The first kappa shape index (κ1) is 21.4. The molecule has 7 heteroatoms. The van der Waals surface area contributed by atoms with E-state index in [4.69, 9.17) is 9.47 Å². The highest BCUT2D eigenvalue weighted by molar-refractivity contribution is 6.00. The van der Waals surface area contributed by atoms with E-state index in [0.29, 0.717) is 18.8 Å². The van der Waals surface area contributed by atoms with E-state index in [-0.39, 0.29) is 31.4 Å². The molecule has 30 heavy (non-hydrogen) atoms. The van der Waals surface area contributed by atoms with Crippen molar-refractivity contribution in [3.63, 3.8) is 0 Å². The largest absolute Gasteiger partial charge is 0.494 e. The number of ether oxygens (including phenoxy) is 2. The number of amides is 2. The Kier molecular flexibility index (Phi) is 7.06. The molecule has 3 rings (SSSR count).